The maximum Gasteiger partial charge on any atom is 0.230 e. The normalized spacial score (nSPS) is 10.6. The van der Waals surface area contributed by atoms with Crippen LogP contribution in [-0.2, 0) is 11.3 Å². The van der Waals surface area contributed by atoms with Crippen LogP contribution in [0.2, 0.25) is 5.02 Å². The van der Waals surface area contributed by atoms with Crippen LogP contribution in [-0.4, -0.2) is 33.0 Å². The fraction of sp³-hybridized carbons (Fsp3) is 0.357. The number of carbonyl (C=O) groups excluding carboxylic acids is 1. The van der Waals surface area contributed by atoms with E-state index in [1.807, 2.05) is 42.7 Å². The van der Waals surface area contributed by atoms with Gasteiger partial charge in [0.1, 0.15) is 0 Å². The van der Waals surface area contributed by atoms with E-state index in [0.717, 1.165) is 23.1 Å². The topological polar surface area (TPSA) is 59.8 Å². The lowest BCUT2D eigenvalue weighted by molar-refractivity contribution is -0.118. The Morgan fingerprint density at radius 1 is 1.29 bits per heavy atom. The second-order valence-corrected chi connectivity index (χ2v) is 5.68. The van der Waals surface area contributed by atoms with Crippen molar-refractivity contribution in [3.8, 4) is 11.4 Å². The number of benzene rings is 1. The van der Waals surface area contributed by atoms with E-state index < -0.39 is 0 Å². The maximum absolute atomic E-state index is 11.5. The molecule has 0 spiro atoms. The molecule has 1 amide bonds. The highest BCUT2D eigenvalue weighted by Gasteiger charge is 2.14. The summed E-state index contributed by atoms with van der Waals surface area (Å²) in [6.07, 6.45) is 0. The van der Waals surface area contributed by atoms with Gasteiger partial charge < -0.3 is 9.88 Å². The molecule has 2 rings (SSSR count). The molecule has 0 aliphatic heterocycles. The van der Waals surface area contributed by atoms with Crippen molar-refractivity contribution in [3.05, 3.63) is 29.3 Å². The van der Waals surface area contributed by atoms with Gasteiger partial charge in [-0.15, -0.1) is 10.2 Å². The highest BCUT2D eigenvalue weighted by molar-refractivity contribution is 7.99. The Morgan fingerprint density at radius 3 is 2.62 bits per heavy atom. The van der Waals surface area contributed by atoms with Gasteiger partial charge in [0.15, 0.2) is 11.0 Å². The molecule has 1 aromatic carbocycles. The summed E-state index contributed by atoms with van der Waals surface area (Å²) in [5, 5.41) is 12.6. The van der Waals surface area contributed by atoms with Crippen LogP contribution < -0.4 is 5.32 Å². The Hall–Kier alpha value is -1.53. The average Bonchev–Trinajstić information content (AvgIpc) is 2.89. The van der Waals surface area contributed by atoms with E-state index in [9.17, 15) is 4.79 Å². The first kappa shape index (κ1) is 15.9. The highest BCUT2D eigenvalue weighted by atomic mass is 35.5. The lowest BCUT2D eigenvalue weighted by Gasteiger charge is -2.07. The molecule has 112 valence electrons. The Balaban J connectivity index is 2.18. The molecule has 2 aromatic rings. The molecule has 0 unspecified atom stereocenters. The molecule has 0 fully saturated rings. The molecule has 0 saturated heterocycles. The third-order valence-corrected chi connectivity index (χ3v) is 4.06. The van der Waals surface area contributed by atoms with Crippen LogP contribution in [0.5, 0.6) is 0 Å². The lowest BCUT2D eigenvalue weighted by atomic mass is 10.2. The maximum atomic E-state index is 11.5. The lowest BCUT2D eigenvalue weighted by Crippen LogP contribution is -2.24. The van der Waals surface area contributed by atoms with Crippen molar-refractivity contribution in [2.24, 2.45) is 0 Å². The van der Waals surface area contributed by atoms with E-state index in [2.05, 4.69) is 15.5 Å². The molecule has 1 heterocycles. The molecule has 0 radical (unpaired) electrons. The van der Waals surface area contributed by atoms with Gasteiger partial charge in [0.2, 0.25) is 5.91 Å². The number of halogens is 1. The van der Waals surface area contributed by atoms with Crippen molar-refractivity contribution >= 4 is 29.3 Å². The van der Waals surface area contributed by atoms with Crippen molar-refractivity contribution in [2.75, 3.05) is 12.3 Å². The monoisotopic (exact) mass is 324 g/mol. The number of aromatic nitrogens is 3. The molecule has 0 bridgehead atoms. The number of hydrogen-bond acceptors (Lipinski definition) is 4. The fourth-order valence-electron chi connectivity index (χ4n) is 1.87. The van der Waals surface area contributed by atoms with Crippen molar-refractivity contribution in [3.63, 3.8) is 0 Å². The van der Waals surface area contributed by atoms with Gasteiger partial charge in [-0.05, 0) is 38.1 Å². The predicted octanol–water partition coefficient (Wildman–Crippen LogP) is 2.85. The van der Waals surface area contributed by atoms with Gasteiger partial charge in [-0.1, -0.05) is 23.4 Å². The van der Waals surface area contributed by atoms with Gasteiger partial charge in [-0.2, -0.15) is 0 Å². The fourth-order valence-corrected chi connectivity index (χ4v) is 2.83. The van der Waals surface area contributed by atoms with Gasteiger partial charge in [0, 0.05) is 23.7 Å². The third-order valence-electron chi connectivity index (χ3n) is 2.84. The number of nitrogens with one attached hydrogen (secondary N) is 1. The van der Waals surface area contributed by atoms with E-state index >= 15 is 0 Å². The summed E-state index contributed by atoms with van der Waals surface area (Å²) in [6, 6.07) is 7.48. The van der Waals surface area contributed by atoms with Crippen molar-refractivity contribution in [1.82, 2.24) is 20.1 Å². The summed E-state index contributed by atoms with van der Waals surface area (Å²) in [4.78, 5) is 11.5. The van der Waals surface area contributed by atoms with Crippen LogP contribution in [0.3, 0.4) is 0 Å². The molecular formula is C14H17ClN4OS. The summed E-state index contributed by atoms with van der Waals surface area (Å²) in [6.45, 7) is 5.30. The second kappa shape index (κ2) is 7.47. The Labute approximate surface area is 133 Å². The van der Waals surface area contributed by atoms with Crippen LogP contribution in [0.25, 0.3) is 11.4 Å². The third kappa shape index (κ3) is 3.98. The summed E-state index contributed by atoms with van der Waals surface area (Å²) < 4.78 is 1.99. The number of rotatable bonds is 6. The van der Waals surface area contributed by atoms with Crippen molar-refractivity contribution < 1.29 is 4.79 Å². The minimum Gasteiger partial charge on any atom is -0.356 e. The van der Waals surface area contributed by atoms with Gasteiger partial charge in [0.25, 0.3) is 0 Å². The number of carbonyl (C=O) groups is 1. The van der Waals surface area contributed by atoms with E-state index in [4.69, 9.17) is 11.6 Å². The SMILES string of the molecule is CCNC(=O)CSc1nnc(-c2ccc(Cl)cc2)n1CC. The Bertz CT molecular complexity index is 612. The molecule has 1 aromatic heterocycles. The Kier molecular flexibility index (Phi) is 5.64. The van der Waals surface area contributed by atoms with Crippen molar-refractivity contribution in [2.45, 2.75) is 25.5 Å². The molecule has 1 N–H and O–H groups in total. The van der Waals surface area contributed by atoms with Gasteiger partial charge in [-0.25, -0.2) is 0 Å². The number of nitrogens with zero attached hydrogens (tertiary/aromatic N) is 3. The molecule has 0 aliphatic rings. The van der Waals surface area contributed by atoms with Crippen LogP contribution in [0, 0.1) is 0 Å². The minimum atomic E-state index is 0.00111. The zero-order valence-electron chi connectivity index (χ0n) is 12.0. The largest absolute Gasteiger partial charge is 0.356 e. The zero-order valence-corrected chi connectivity index (χ0v) is 13.5. The molecule has 5 nitrogen and oxygen atoms in total. The standard InChI is InChI=1S/C14H17ClN4OS/c1-3-16-12(20)9-21-14-18-17-13(19(14)4-2)10-5-7-11(15)8-6-10/h5-8H,3-4,9H2,1-2H3,(H,16,20). The van der Waals surface area contributed by atoms with E-state index in [1.165, 1.54) is 11.8 Å². The van der Waals surface area contributed by atoms with Crippen LogP contribution >= 0.6 is 23.4 Å². The second-order valence-electron chi connectivity index (χ2n) is 4.30. The zero-order chi connectivity index (χ0) is 15.2. The minimum absolute atomic E-state index is 0.00111. The van der Waals surface area contributed by atoms with Gasteiger partial charge in [0.05, 0.1) is 5.75 Å². The molecule has 21 heavy (non-hydrogen) atoms. The first-order valence-corrected chi connectivity index (χ1v) is 8.10. The average molecular weight is 325 g/mol. The molecule has 7 heteroatoms. The first-order chi connectivity index (χ1) is 10.2. The quantitative estimate of drug-likeness (QED) is 0.830. The predicted molar refractivity (Wildman–Crippen MR) is 85.5 cm³/mol. The summed E-state index contributed by atoms with van der Waals surface area (Å²) in [5.41, 5.74) is 0.957. The van der Waals surface area contributed by atoms with E-state index in [-0.39, 0.29) is 5.91 Å². The number of hydrogen-bond donors (Lipinski definition) is 1. The summed E-state index contributed by atoms with van der Waals surface area (Å²) >= 11 is 7.29. The smallest absolute Gasteiger partial charge is 0.230 e. The van der Waals surface area contributed by atoms with Gasteiger partial charge in [-0.3, -0.25) is 4.79 Å². The van der Waals surface area contributed by atoms with Crippen LogP contribution in [0.4, 0.5) is 0 Å². The molecule has 0 saturated carbocycles. The number of thioether (sulfide) groups is 1. The van der Waals surface area contributed by atoms with E-state index in [0.29, 0.717) is 17.3 Å². The Morgan fingerprint density at radius 2 is 2.00 bits per heavy atom. The highest BCUT2D eigenvalue weighted by Crippen LogP contribution is 2.24. The molecular weight excluding hydrogens is 308 g/mol. The van der Waals surface area contributed by atoms with E-state index in [1.54, 1.807) is 0 Å². The summed E-state index contributed by atoms with van der Waals surface area (Å²) in [5.74, 6) is 1.13. The summed E-state index contributed by atoms with van der Waals surface area (Å²) in [7, 11) is 0. The van der Waals surface area contributed by atoms with Crippen molar-refractivity contribution in [1.29, 1.82) is 0 Å². The van der Waals surface area contributed by atoms with Gasteiger partial charge >= 0.3 is 0 Å². The first-order valence-electron chi connectivity index (χ1n) is 6.74. The molecule has 0 atom stereocenters. The molecule has 0 aliphatic carbocycles. The van der Waals surface area contributed by atoms with Crippen LogP contribution in [0.15, 0.2) is 29.4 Å². The number of amides is 1. The van der Waals surface area contributed by atoms with Crippen LogP contribution in [0.1, 0.15) is 13.8 Å².